The highest BCUT2D eigenvalue weighted by molar-refractivity contribution is 8.15. The van der Waals surface area contributed by atoms with E-state index in [4.69, 9.17) is 23.2 Å². The average molecular weight is 413 g/mol. The third-order valence-corrected chi connectivity index (χ3v) is 6.81. The summed E-state index contributed by atoms with van der Waals surface area (Å²) in [6.45, 7) is 1.94. The largest absolute Gasteiger partial charge is 0.244 e. The van der Waals surface area contributed by atoms with E-state index in [1.54, 1.807) is 18.4 Å². The zero-order valence-electron chi connectivity index (χ0n) is 13.4. The van der Waals surface area contributed by atoms with E-state index in [0.29, 0.717) is 10.7 Å². The first kappa shape index (κ1) is 19.8. The topological polar surface area (TPSA) is 70.3 Å². The smallest absolute Gasteiger partial charge is 0.202 e. The Morgan fingerprint density at radius 2 is 1.84 bits per heavy atom. The van der Waals surface area contributed by atoms with Gasteiger partial charge in [-0.25, -0.2) is 13.4 Å². The van der Waals surface area contributed by atoms with Gasteiger partial charge in [-0.2, -0.15) is 5.26 Å². The molecule has 1 atom stereocenters. The van der Waals surface area contributed by atoms with Gasteiger partial charge in [0, 0.05) is 5.02 Å². The highest BCUT2D eigenvalue weighted by Gasteiger charge is 2.33. The number of hydrogen-bond donors (Lipinski definition) is 0. The average Bonchev–Trinajstić information content (AvgIpc) is 2.55. The Morgan fingerprint density at radius 1 is 1.20 bits per heavy atom. The summed E-state index contributed by atoms with van der Waals surface area (Å²) >= 11 is 13.0. The summed E-state index contributed by atoms with van der Waals surface area (Å²) in [7, 11) is -4.04. The van der Waals surface area contributed by atoms with Crippen molar-refractivity contribution in [3.63, 3.8) is 0 Å². The Hall–Kier alpha value is -1.52. The van der Waals surface area contributed by atoms with E-state index < -0.39 is 15.1 Å². The van der Waals surface area contributed by atoms with Crippen molar-refractivity contribution < 1.29 is 8.42 Å². The SMILES string of the molecule is CSC(=Nc1ccc(C)cc1)C(C#N)S(=O)(=O)c1ccc(Cl)cc1Cl. The van der Waals surface area contributed by atoms with E-state index in [0.717, 1.165) is 17.3 Å². The molecule has 130 valence electrons. The van der Waals surface area contributed by atoms with Crippen LogP contribution in [0.4, 0.5) is 5.69 Å². The molecule has 8 heteroatoms. The molecule has 1 unspecified atom stereocenters. The molecule has 0 N–H and O–H groups in total. The summed E-state index contributed by atoms with van der Waals surface area (Å²) in [5.41, 5.74) is 1.63. The van der Waals surface area contributed by atoms with Gasteiger partial charge in [-0.15, -0.1) is 11.8 Å². The molecule has 0 saturated carbocycles. The maximum absolute atomic E-state index is 12.9. The van der Waals surface area contributed by atoms with Crippen LogP contribution >= 0.6 is 35.0 Å². The van der Waals surface area contributed by atoms with E-state index in [9.17, 15) is 13.7 Å². The van der Waals surface area contributed by atoms with E-state index in [1.165, 1.54) is 18.2 Å². The lowest BCUT2D eigenvalue weighted by Gasteiger charge is -2.13. The molecule has 0 amide bonds. The quantitative estimate of drug-likeness (QED) is 0.519. The summed E-state index contributed by atoms with van der Waals surface area (Å²) in [5.74, 6) is 0. The van der Waals surface area contributed by atoms with Crippen LogP contribution in [0.5, 0.6) is 0 Å². The Morgan fingerprint density at radius 3 is 2.36 bits per heavy atom. The van der Waals surface area contributed by atoms with E-state index >= 15 is 0 Å². The van der Waals surface area contributed by atoms with Crippen LogP contribution in [0.1, 0.15) is 5.56 Å². The van der Waals surface area contributed by atoms with Crippen molar-refractivity contribution >= 4 is 55.5 Å². The molecule has 4 nitrogen and oxygen atoms in total. The highest BCUT2D eigenvalue weighted by Crippen LogP contribution is 2.30. The summed E-state index contributed by atoms with van der Waals surface area (Å²) in [6.07, 6.45) is 1.68. The van der Waals surface area contributed by atoms with E-state index in [2.05, 4.69) is 4.99 Å². The third kappa shape index (κ3) is 4.56. The predicted octanol–water partition coefficient (Wildman–Crippen LogP) is 5.06. The molecule has 2 aromatic rings. The minimum Gasteiger partial charge on any atom is -0.244 e. The van der Waals surface area contributed by atoms with Gasteiger partial charge in [-0.3, -0.25) is 0 Å². The van der Waals surface area contributed by atoms with Crippen LogP contribution in [0.15, 0.2) is 52.4 Å². The second-order valence-electron chi connectivity index (χ2n) is 5.12. The van der Waals surface area contributed by atoms with Crippen molar-refractivity contribution in [3.8, 4) is 6.07 Å². The number of rotatable bonds is 4. The van der Waals surface area contributed by atoms with E-state index in [1.807, 2.05) is 25.1 Å². The second-order valence-corrected chi connectivity index (χ2v) is 8.79. The number of benzene rings is 2. The van der Waals surface area contributed by atoms with Crippen molar-refractivity contribution in [1.29, 1.82) is 5.26 Å². The van der Waals surface area contributed by atoms with Crippen molar-refractivity contribution in [2.24, 2.45) is 4.99 Å². The van der Waals surface area contributed by atoms with Gasteiger partial charge in [-0.1, -0.05) is 40.9 Å². The number of nitriles is 1. The van der Waals surface area contributed by atoms with Gasteiger partial charge in [0.1, 0.15) is 5.04 Å². The summed E-state index contributed by atoms with van der Waals surface area (Å²) in [4.78, 5) is 4.19. The summed E-state index contributed by atoms with van der Waals surface area (Å²) in [5, 5.41) is 8.51. The van der Waals surface area contributed by atoms with Gasteiger partial charge in [0.05, 0.1) is 21.7 Å². The Labute approximate surface area is 161 Å². The van der Waals surface area contributed by atoms with Crippen molar-refractivity contribution in [1.82, 2.24) is 0 Å². The summed E-state index contributed by atoms with van der Waals surface area (Å²) < 4.78 is 25.8. The molecule has 0 heterocycles. The van der Waals surface area contributed by atoms with Gasteiger partial charge >= 0.3 is 0 Å². The van der Waals surface area contributed by atoms with Crippen LogP contribution in [-0.2, 0) is 9.84 Å². The third-order valence-electron chi connectivity index (χ3n) is 3.33. The fourth-order valence-corrected chi connectivity index (χ4v) is 5.21. The fourth-order valence-electron chi connectivity index (χ4n) is 2.05. The normalized spacial score (nSPS) is 13.3. The highest BCUT2D eigenvalue weighted by atomic mass is 35.5. The van der Waals surface area contributed by atoms with Gasteiger partial charge in [-0.05, 0) is 43.5 Å². The second kappa shape index (κ2) is 8.24. The maximum atomic E-state index is 12.9. The Bertz CT molecular complexity index is 950. The van der Waals surface area contributed by atoms with Crippen LogP contribution in [0.25, 0.3) is 0 Å². The Balaban J connectivity index is 2.52. The molecule has 0 bridgehead atoms. The number of thioether (sulfide) groups is 1. The molecule has 0 aliphatic carbocycles. The van der Waals surface area contributed by atoms with Crippen LogP contribution in [-0.4, -0.2) is 25.0 Å². The Kier molecular flexibility index (Phi) is 6.53. The number of aliphatic imine (C=N–C) groups is 1. The molecular formula is C17H14Cl2N2O2S2. The van der Waals surface area contributed by atoms with Crippen LogP contribution in [0.2, 0.25) is 10.0 Å². The van der Waals surface area contributed by atoms with Crippen LogP contribution < -0.4 is 0 Å². The number of hydrogen-bond acceptors (Lipinski definition) is 5. The van der Waals surface area contributed by atoms with Gasteiger partial charge in [0.25, 0.3) is 0 Å². The number of halogens is 2. The molecular weight excluding hydrogens is 399 g/mol. The lowest BCUT2D eigenvalue weighted by Crippen LogP contribution is -2.27. The first-order valence-electron chi connectivity index (χ1n) is 7.07. The molecule has 25 heavy (non-hydrogen) atoms. The van der Waals surface area contributed by atoms with E-state index in [-0.39, 0.29) is 15.0 Å². The lowest BCUT2D eigenvalue weighted by molar-refractivity contribution is 0.596. The molecule has 2 rings (SSSR count). The number of sulfone groups is 1. The first-order valence-corrected chi connectivity index (χ1v) is 10.6. The molecule has 0 aliphatic rings. The van der Waals surface area contributed by atoms with Crippen molar-refractivity contribution in [2.75, 3.05) is 6.26 Å². The number of nitrogens with zero attached hydrogens (tertiary/aromatic N) is 2. The zero-order valence-corrected chi connectivity index (χ0v) is 16.5. The molecule has 0 saturated heterocycles. The maximum Gasteiger partial charge on any atom is 0.202 e. The minimum atomic E-state index is -4.04. The predicted molar refractivity (Wildman–Crippen MR) is 105 cm³/mol. The van der Waals surface area contributed by atoms with Crippen molar-refractivity contribution in [2.45, 2.75) is 17.1 Å². The van der Waals surface area contributed by atoms with Gasteiger partial charge in [0.2, 0.25) is 9.84 Å². The number of aryl methyl sites for hydroxylation is 1. The van der Waals surface area contributed by atoms with Crippen LogP contribution in [0, 0.1) is 18.3 Å². The summed E-state index contributed by atoms with van der Waals surface area (Å²) in [6, 6.07) is 13.1. The molecule has 0 radical (unpaired) electrons. The van der Waals surface area contributed by atoms with Crippen LogP contribution in [0.3, 0.4) is 0 Å². The standard InChI is InChI=1S/C17H14Cl2N2O2S2/c1-11-3-6-13(7-4-11)21-17(24-2)16(10-20)25(22,23)15-8-5-12(18)9-14(15)19/h3-9,16H,1-2H3. The molecule has 2 aromatic carbocycles. The molecule has 0 aliphatic heterocycles. The first-order chi connectivity index (χ1) is 11.8. The molecule has 0 aromatic heterocycles. The van der Waals surface area contributed by atoms with Gasteiger partial charge in [0.15, 0.2) is 5.25 Å². The zero-order chi connectivity index (χ0) is 18.6. The monoisotopic (exact) mass is 412 g/mol. The van der Waals surface area contributed by atoms with Crippen molar-refractivity contribution in [3.05, 3.63) is 58.1 Å². The van der Waals surface area contributed by atoms with Gasteiger partial charge < -0.3 is 0 Å². The minimum absolute atomic E-state index is 0.0245. The fraction of sp³-hybridized carbons (Fsp3) is 0.176. The molecule has 0 fully saturated rings. The lowest BCUT2D eigenvalue weighted by atomic mass is 10.2. The molecule has 0 spiro atoms.